The third-order valence-electron chi connectivity index (χ3n) is 3.74. The molecule has 0 unspecified atom stereocenters. The highest BCUT2D eigenvalue weighted by molar-refractivity contribution is 9.10. The molecule has 0 saturated heterocycles. The van der Waals surface area contributed by atoms with Crippen molar-refractivity contribution >= 4 is 39.8 Å². The first-order valence-electron chi connectivity index (χ1n) is 8.09. The van der Waals surface area contributed by atoms with Crippen molar-refractivity contribution in [3.05, 3.63) is 46.3 Å². The van der Waals surface area contributed by atoms with Crippen molar-refractivity contribution in [1.82, 2.24) is 9.97 Å². The van der Waals surface area contributed by atoms with Crippen LogP contribution in [0.15, 0.2) is 40.0 Å². The molecule has 0 atom stereocenters. The smallest absolute Gasteiger partial charge is 0.248 e. The number of nitrogens with zero attached hydrogens (tertiary/aromatic N) is 3. The van der Waals surface area contributed by atoms with Gasteiger partial charge in [0.1, 0.15) is 4.60 Å². The number of aromatic nitrogens is 2. The Balaban J connectivity index is 2.51. The summed E-state index contributed by atoms with van der Waals surface area (Å²) in [7, 11) is -5.15. The van der Waals surface area contributed by atoms with Crippen LogP contribution in [0.4, 0.5) is 5.82 Å². The van der Waals surface area contributed by atoms with Gasteiger partial charge in [-0.25, -0.2) is 22.7 Å². The third kappa shape index (κ3) is 5.12. The van der Waals surface area contributed by atoms with E-state index in [9.17, 15) is 8.42 Å². The van der Waals surface area contributed by atoms with Crippen LogP contribution in [0.2, 0.25) is 25.7 Å². The minimum atomic E-state index is -3.71. The zero-order chi connectivity index (χ0) is 18.8. The van der Waals surface area contributed by atoms with Crippen molar-refractivity contribution in [2.75, 3.05) is 10.8 Å². The summed E-state index contributed by atoms with van der Waals surface area (Å²) in [5, 5.41) is 0. The highest BCUT2D eigenvalue weighted by Crippen LogP contribution is 2.29. The zero-order valence-electron chi connectivity index (χ0n) is 15.2. The molecule has 0 spiro atoms. The van der Waals surface area contributed by atoms with E-state index in [2.05, 4.69) is 45.5 Å². The molecule has 8 heteroatoms. The molecule has 0 aliphatic heterocycles. The van der Waals surface area contributed by atoms with Crippen LogP contribution in [0.1, 0.15) is 11.3 Å². The first kappa shape index (κ1) is 20.1. The maximum absolute atomic E-state index is 13.3. The number of sulfonamides is 1. The number of benzene rings is 1. The van der Waals surface area contributed by atoms with E-state index in [-0.39, 0.29) is 4.90 Å². The number of hydrogen-bond donors (Lipinski definition) is 0. The molecule has 25 heavy (non-hydrogen) atoms. The number of halogens is 1. The molecule has 1 heterocycles. The first-order chi connectivity index (χ1) is 11.5. The van der Waals surface area contributed by atoms with Gasteiger partial charge in [-0.15, -0.1) is 0 Å². The maximum Gasteiger partial charge on any atom is 0.265 e. The van der Waals surface area contributed by atoms with Crippen molar-refractivity contribution in [2.24, 2.45) is 0 Å². The Bertz CT molecular complexity index is 849. The predicted octanol–water partition coefficient (Wildman–Crippen LogP) is 4.39. The van der Waals surface area contributed by atoms with Crippen LogP contribution < -0.4 is 4.31 Å². The molecule has 0 aliphatic carbocycles. The van der Waals surface area contributed by atoms with Crippen LogP contribution in [-0.2, 0) is 10.0 Å². The lowest BCUT2D eigenvalue weighted by molar-refractivity contribution is 0.591. The Morgan fingerprint density at radius 3 is 2.24 bits per heavy atom. The summed E-state index contributed by atoms with van der Waals surface area (Å²) < 4.78 is 28.3. The molecule has 2 rings (SSSR count). The zero-order valence-corrected chi connectivity index (χ0v) is 18.6. The minimum absolute atomic E-state index is 0.267. The van der Waals surface area contributed by atoms with Gasteiger partial charge in [0.15, 0.2) is 5.82 Å². The number of anilines is 1. The normalized spacial score (nSPS) is 12.2. The lowest BCUT2D eigenvalue weighted by atomic mass is 10.2. The fourth-order valence-corrected chi connectivity index (χ4v) is 5.42. The van der Waals surface area contributed by atoms with Gasteiger partial charge in [-0.05, 0) is 48.0 Å². The molecule has 0 fully saturated rings. The molecular weight excluding hydrogens is 418 g/mol. The van der Waals surface area contributed by atoms with Crippen LogP contribution in [0, 0.1) is 13.8 Å². The molecule has 0 N–H and O–H groups in total. The number of rotatable bonds is 6. The molecular formula is C17H24BrN3O2SSi. The summed E-state index contributed by atoms with van der Waals surface area (Å²) in [6.45, 7) is 10.8. The average Bonchev–Trinajstić information content (AvgIpc) is 2.48. The summed E-state index contributed by atoms with van der Waals surface area (Å²) in [5.41, 5.74) is 1.75. The molecule has 136 valence electrons. The van der Waals surface area contributed by atoms with Gasteiger partial charge in [-0.1, -0.05) is 37.3 Å². The Hall–Kier alpha value is -1.25. The number of aryl methyl sites for hydroxylation is 2. The quantitative estimate of drug-likeness (QED) is 0.623. The van der Waals surface area contributed by atoms with Crippen LogP contribution in [0.3, 0.4) is 0 Å². The maximum atomic E-state index is 13.3. The van der Waals surface area contributed by atoms with Crippen molar-refractivity contribution < 1.29 is 8.42 Å². The van der Waals surface area contributed by atoms with Gasteiger partial charge in [0, 0.05) is 14.6 Å². The average molecular weight is 442 g/mol. The summed E-state index contributed by atoms with van der Waals surface area (Å²) in [5.74, 6) is 0.337. The monoisotopic (exact) mass is 441 g/mol. The minimum Gasteiger partial charge on any atom is -0.248 e. The fraction of sp³-hybridized carbons (Fsp3) is 0.412. The molecule has 2 aromatic rings. The second-order valence-electron chi connectivity index (χ2n) is 7.33. The van der Waals surface area contributed by atoms with Gasteiger partial charge in [-0.3, -0.25) is 0 Å². The Morgan fingerprint density at radius 1 is 1.12 bits per heavy atom. The topological polar surface area (TPSA) is 63.2 Å². The molecule has 1 aromatic heterocycles. The summed E-state index contributed by atoms with van der Waals surface area (Å²) in [6, 6.07) is 7.72. The van der Waals surface area contributed by atoms with Gasteiger partial charge in [-0.2, -0.15) is 0 Å². The highest BCUT2D eigenvalue weighted by Gasteiger charge is 2.29. The van der Waals surface area contributed by atoms with Crippen molar-refractivity contribution in [1.29, 1.82) is 0 Å². The summed E-state index contributed by atoms with van der Waals surface area (Å²) >= 11 is 3.38. The van der Waals surface area contributed by atoms with E-state index in [0.29, 0.717) is 17.0 Å². The lowest BCUT2D eigenvalue weighted by Gasteiger charge is -2.27. The van der Waals surface area contributed by atoms with Crippen LogP contribution in [0.5, 0.6) is 0 Å². The van der Waals surface area contributed by atoms with Crippen LogP contribution >= 0.6 is 15.9 Å². The summed E-state index contributed by atoms with van der Waals surface area (Å²) in [6.07, 6.45) is 1.59. The molecule has 1 aromatic carbocycles. The van der Waals surface area contributed by atoms with E-state index in [0.717, 1.165) is 17.3 Å². The van der Waals surface area contributed by atoms with Crippen molar-refractivity contribution in [3.8, 4) is 0 Å². The predicted molar refractivity (Wildman–Crippen MR) is 108 cm³/mol. The molecule has 0 amide bonds. The van der Waals surface area contributed by atoms with Crippen LogP contribution in [-0.4, -0.2) is 33.0 Å². The van der Waals surface area contributed by atoms with Crippen LogP contribution in [0.25, 0.3) is 0 Å². The van der Waals surface area contributed by atoms with Crippen molar-refractivity contribution in [2.45, 2.75) is 44.4 Å². The molecule has 0 radical (unpaired) electrons. The van der Waals surface area contributed by atoms with Gasteiger partial charge < -0.3 is 0 Å². The SMILES string of the molecule is Cc1ccc(S(=O)(=O)N(CC[Si](C)(C)C)c2ncc(C)nc2Br)cc1. The van der Waals surface area contributed by atoms with E-state index in [1.807, 2.05) is 13.8 Å². The number of hydrogen-bond acceptors (Lipinski definition) is 4. The second-order valence-corrected chi connectivity index (χ2v) is 15.6. The van der Waals surface area contributed by atoms with Gasteiger partial charge in [0.05, 0.1) is 16.8 Å². The lowest BCUT2D eigenvalue weighted by Crippen LogP contribution is -2.37. The molecule has 0 saturated carbocycles. The largest absolute Gasteiger partial charge is 0.265 e. The van der Waals surface area contributed by atoms with E-state index in [1.54, 1.807) is 30.5 Å². The summed E-state index contributed by atoms with van der Waals surface area (Å²) in [4.78, 5) is 8.93. The van der Waals surface area contributed by atoms with E-state index < -0.39 is 18.1 Å². The molecule has 0 aliphatic rings. The Morgan fingerprint density at radius 2 is 1.72 bits per heavy atom. The van der Waals surface area contributed by atoms with E-state index in [4.69, 9.17) is 0 Å². The van der Waals surface area contributed by atoms with Gasteiger partial charge in [0.25, 0.3) is 10.0 Å². The van der Waals surface area contributed by atoms with Gasteiger partial charge >= 0.3 is 0 Å². The van der Waals surface area contributed by atoms with Crippen molar-refractivity contribution in [3.63, 3.8) is 0 Å². The van der Waals surface area contributed by atoms with E-state index in [1.165, 1.54) is 4.31 Å². The highest BCUT2D eigenvalue weighted by atomic mass is 79.9. The fourth-order valence-electron chi connectivity index (χ4n) is 2.22. The van der Waals surface area contributed by atoms with Gasteiger partial charge in [0.2, 0.25) is 0 Å². The second kappa shape index (κ2) is 7.55. The molecule has 0 bridgehead atoms. The first-order valence-corrected chi connectivity index (χ1v) is 14.0. The van der Waals surface area contributed by atoms with E-state index >= 15 is 0 Å². The molecule has 5 nitrogen and oxygen atoms in total. The third-order valence-corrected chi connectivity index (χ3v) is 7.80. The Labute approximate surface area is 159 Å². The Kier molecular flexibility index (Phi) is 6.06. The standard InChI is InChI=1S/C17H24BrN3O2SSi/c1-13-6-8-15(9-7-13)24(22,23)21(10-11-25(3,4)5)17-16(18)20-14(2)12-19-17/h6-9,12H,10-11H2,1-5H3.